The summed E-state index contributed by atoms with van der Waals surface area (Å²) in [5.41, 5.74) is 6.09. The number of amides is 1. The van der Waals surface area contributed by atoms with Gasteiger partial charge in [-0.25, -0.2) is 4.79 Å². The van der Waals surface area contributed by atoms with Crippen molar-refractivity contribution in [2.45, 2.75) is 24.9 Å². The highest BCUT2D eigenvalue weighted by Gasteiger charge is 2.38. The van der Waals surface area contributed by atoms with Gasteiger partial charge in [0.1, 0.15) is 6.61 Å². The van der Waals surface area contributed by atoms with Crippen LogP contribution in [0.3, 0.4) is 0 Å². The van der Waals surface area contributed by atoms with E-state index < -0.39 is 18.1 Å². The molecule has 1 aliphatic heterocycles. The Morgan fingerprint density at radius 1 is 1.07 bits per heavy atom. The molecule has 0 radical (unpaired) electrons. The van der Waals surface area contributed by atoms with Crippen LogP contribution in [-0.2, 0) is 16.1 Å². The van der Waals surface area contributed by atoms with Crippen LogP contribution in [0.5, 0.6) is 0 Å². The zero-order valence-electron chi connectivity index (χ0n) is 15.5. The number of rotatable bonds is 4. The molecule has 2 N–H and O–H groups in total. The van der Waals surface area contributed by atoms with Crippen molar-refractivity contribution in [2.24, 2.45) is 0 Å². The fourth-order valence-corrected chi connectivity index (χ4v) is 4.44. The number of nitrogens with one attached hydrogen (secondary N) is 1. The third-order valence-corrected chi connectivity index (χ3v) is 5.75. The van der Waals surface area contributed by atoms with E-state index in [1.54, 1.807) is 6.20 Å². The van der Waals surface area contributed by atoms with Crippen molar-refractivity contribution in [3.05, 3.63) is 77.1 Å². The Morgan fingerprint density at radius 2 is 1.72 bits per heavy atom. The number of carboxylic acid groups (broad SMARTS) is 1. The molecule has 2 aromatic carbocycles. The minimum atomic E-state index is -0.972. The molecule has 2 aliphatic rings. The molecule has 0 saturated heterocycles. The average Bonchev–Trinajstić information content (AvgIpc) is 3.39. The molecule has 1 amide bonds. The zero-order valence-corrected chi connectivity index (χ0v) is 15.5. The van der Waals surface area contributed by atoms with Crippen LogP contribution in [0.15, 0.2) is 54.7 Å². The van der Waals surface area contributed by atoms with Gasteiger partial charge >= 0.3 is 12.1 Å². The smallest absolute Gasteiger partial charge is 0.410 e. The molecule has 0 fully saturated rings. The second-order valence-corrected chi connectivity index (χ2v) is 7.35. The normalized spacial score (nSPS) is 17.0. The van der Waals surface area contributed by atoms with Gasteiger partial charge in [-0.2, -0.15) is 5.10 Å². The van der Waals surface area contributed by atoms with Gasteiger partial charge in [-0.05, 0) is 22.3 Å². The maximum atomic E-state index is 12.9. The lowest BCUT2D eigenvalue weighted by molar-refractivity contribution is -0.138. The number of H-pyrrole nitrogens is 1. The van der Waals surface area contributed by atoms with Crippen molar-refractivity contribution in [1.29, 1.82) is 0 Å². The Balaban J connectivity index is 1.36. The summed E-state index contributed by atoms with van der Waals surface area (Å²) in [7, 11) is 0. The SMILES string of the molecule is O=C(O)CC1c2cn[nH]c2CN1C(=O)OCC1c2ccccc2-c2ccccc21. The Labute approximate surface area is 166 Å². The van der Waals surface area contributed by atoms with E-state index >= 15 is 0 Å². The summed E-state index contributed by atoms with van der Waals surface area (Å²) in [6.07, 6.45) is 0.888. The maximum absolute atomic E-state index is 12.9. The first kappa shape index (κ1) is 17.5. The summed E-state index contributed by atoms with van der Waals surface area (Å²) < 4.78 is 5.70. The van der Waals surface area contributed by atoms with Crippen LogP contribution in [-0.4, -0.2) is 38.9 Å². The quantitative estimate of drug-likeness (QED) is 0.710. The summed E-state index contributed by atoms with van der Waals surface area (Å²) in [5, 5.41) is 16.0. The summed E-state index contributed by atoms with van der Waals surface area (Å²) in [5.74, 6) is -1.01. The summed E-state index contributed by atoms with van der Waals surface area (Å²) >= 11 is 0. The van der Waals surface area contributed by atoms with Crippen molar-refractivity contribution in [3.63, 3.8) is 0 Å². The number of aromatic nitrogens is 2. The third-order valence-electron chi connectivity index (χ3n) is 5.75. The van der Waals surface area contributed by atoms with Crippen LogP contribution in [0.2, 0.25) is 0 Å². The number of hydrogen-bond donors (Lipinski definition) is 2. The van der Waals surface area contributed by atoms with Gasteiger partial charge < -0.3 is 9.84 Å². The first-order chi connectivity index (χ1) is 14.1. The van der Waals surface area contributed by atoms with Gasteiger partial charge in [0, 0.05) is 11.5 Å². The largest absolute Gasteiger partial charge is 0.481 e. The Hall–Kier alpha value is -3.61. The Morgan fingerprint density at radius 3 is 2.38 bits per heavy atom. The highest BCUT2D eigenvalue weighted by atomic mass is 16.6. The van der Waals surface area contributed by atoms with E-state index in [2.05, 4.69) is 34.5 Å². The molecule has 7 heteroatoms. The first-order valence-corrected chi connectivity index (χ1v) is 9.49. The number of carbonyl (C=O) groups excluding carboxylic acids is 1. The molecule has 5 rings (SSSR count). The van der Waals surface area contributed by atoms with Crippen LogP contribution in [0.1, 0.15) is 40.8 Å². The van der Waals surface area contributed by atoms with Crippen LogP contribution < -0.4 is 0 Å². The fraction of sp³-hybridized carbons (Fsp3) is 0.227. The molecule has 1 unspecified atom stereocenters. The van der Waals surface area contributed by atoms with Crippen molar-refractivity contribution in [2.75, 3.05) is 6.61 Å². The number of nitrogens with zero attached hydrogens (tertiary/aromatic N) is 2. The molecule has 0 saturated carbocycles. The lowest BCUT2D eigenvalue weighted by Gasteiger charge is -2.24. The van der Waals surface area contributed by atoms with Crippen LogP contribution in [0.25, 0.3) is 11.1 Å². The molecule has 1 aliphatic carbocycles. The minimum absolute atomic E-state index is 0.0358. The number of benzene rings is 2. The third kappa shape index (κ3) is 2.86. The van der Waals surface area contributed by atoms with E-state index in [-0.39, 0.29) is 25.5 Å². The number of aliphatic carboxylic acids is 1. The molecule has 0 spiro atoms. The molecule has 29 heavy (non-hydrogen) atoms. The lowest BCUT2D eigenvalue weighted by Crippen LogP contribution is -2.32. The van der Waals surface area contributed by atoms with E-state index in [0.29, 0.717) is 0 Å². The van der Waals surface area contributed by atoms with Gasteiger partial charge in [0.2, 0.25) is 0 Å². The molecule has 1 aromatic heterocycles. The Bertz CT molecular complexity index is 1060. The van der Waals surface area contributed by atoms with Gasteiger partial charge in [-0.15, -0.1) is 0 Å². The molecule has 2 heterocycles. The van der Waals surface area contributed by atoms with Crippen LogP contribution >= 0.6 is 0 Å². The highest BCUT2D eigenvalue weighted by Crippen LogP contribution is 2.44. The van der Waals surface area contributed by atoms with Crippen LogP contribution in [0, 0.1) is 0 Å². The number of ether oxygens (including phenoxy) is 1. The number of carbonyl (C=O) groups is 2. The predicted molar refractivity (Wildman–Crippen MR) is 104 cm³/mol. The number of carboxylic acids is 1. The fourth-order valence-electron chi connectivity index (χ4n) is 4.44. The molecule has 7 nitrogen and oxygen atoms in total. The van der Waals surface area contributed by atoms with E-state index in [0.717, 1.165) is 33.5 Å². The molecule has 3 aromatic rings. The highest BCUT2D eigenvalue weighted by molar-refractivity contribution is 5.79. The second-order valence-electron chi connectivity index (χ2n) is 7.35. The van der Waals surface area contributed by atoms with E-state index in [4.69, 9.17) is 4.74 Å². The van der Waals surface area contributed by atoms with Crippen molar-refractivity contribution < 1.29 is 19.4 Å². The lowest BCUT2D eigenvalue weighted by atomic mass is 9.98. The van der Waals surface area contributed by atoms with E-state index in [9.17, 15) is 14.7 Å². The van der Waals surface area contributed by atoms with Crippen molar-refractivity contribution in [1.82, 2.24) is 15.1 Å². The molecular weight excluding hydrogens is 370 g/mol. The van der Waals surface area contributed by atoms with Gasteiger partial charge in [0.15, 0.2) is 0 Å². The summed E-state index contributed by atoms with van der Waals surface area (Å²) in [4.78, 5) is 25.6. The standard InChI is InChI=1S/C22H19N3O4/c26-21(27)9-20-17-10-23-24-19(17)11-25(20)22(28)29-12-18-15-7-3-1-5-13(15)14-6-2-4-8-16(14)18/h1-8,10,18,20H,9,11-12H2,(H,23,24)(H,26,27). The van der Waals surface area contributed by atoms with E-state index in [1.807, 2.05) is 24.3 Å². The van der Waals surface area contributed by atoms with Crippen LogP contribution in [0.4, 0.5) is 4.79 Å². The number of hydrogen-bond acceptors (Lipinski definition) is 4. The van der Waals surface area contributed by atoms with Gasteiger partial charge in [-0.3, -0.25) is 14.8 Å². The maximum Gasteiger partial charge on any atom is 0.410 e. The van der Waals surface area contributed by atoms with Gasteiger partial charge in [0.05, 0.1) is 30.9 Å². The first-order valence-electron chi connectivity index (χ1n) is 9.49. The second kappa shape index (κ2) is 6.77. The molecule has 1 atom stereocenters. The van der Waals surface area contributed by atoms with Crippen molar-refractivity contribution in [3.8, 4) is 11.1 Å². The number of aromatic amines is 1. The van der Waals surface area contributed by atoms with Crippen molar-refractivity contribution >= 4 is 12.1 Å². The molecule has 0 bridgehead atoms. The topological polar surface area (TPSA) is 95.5 Å². The minimum Gasteiger partial charge on any atom is -0.481 e. The predicted octanol–water partition coefficient (Wildman–Crippen LogP) is 3.69. The number of fused-ring (bicyclic) bond motifs is 4. The van der Waals surface area contributed by atoms with Gasteiger partial charge in [-0.1, -0.05) is 48.5 Å². The van der Waals surface area contributed by atoms with Gasteiger partial charge in [0.25, 0.3) is 0 Å². The Kier molecular flexibility index (Phi) is 4.08. The monoisotopic (exact) mass is 389 g/mol. The zero-order chi connectivity index (χ0) is 20.0. The molecular formula is C22H19N3O4. The molecule has 146 valence electrons. The summed E-state index contributed by atoms with van der Waals surface area (Å²) in [6.45, 7) is 0.472. The van der Waals surface area contributed by atoms with E-state index in [1.165, 1.54) is 4.90 Å². The summed E-state index contributed by atoms with van der Waals surface area (Å²) in [6, 6.07) is 15.7. The average molecular weight is 389 g/mol.